The number of aromatic carboxylic acids is 1. The molecule has 0 saturated carbocycles. The molecular formula is C33H30Br2F2N4O6. The quantitative estimate of drug-likeness (QED) is 0.140. The molecule has 0 amide bonds. The van der Waals surface area contributed by atoms with Gasteiger partial charge in [-0.05, 0) is 81.4 Å². The fourth-order valence-corrected chi connectivity index (χ4v) is 5.18. The number of rotatable bonds is 10. The zero-order valence-electron chi connectivity index (χ0n) is 25.5. The number of ether oxygens (including phenoxy) is 2. The van der Waals surface area contributed by atoms with Crippen molar-refractivity contribution in [1.29, 1.82) is 0 Å². The van der Waals surface area contributed by atoms with E-state index in [0.29, 0.717) is 24.6 Å². The fourth-order valence-electron chi connectivity index (χ4n) is 4.36. The van der Waals surface area contributed by atoms with Gasteiger partial charge in [0.2, 0.25) is 0 Å². The summed E-state index contributed by atoms with van der Waals surface area (Å²) in [6.07, 6.45) is 0. The Hall–Kier alpha value is -4.56. The summed E-state index contributed by atoms with van der Waals surface area (Å²) in [5.41, 5.74) is 3.43. The van der Waals surface area contributed by atoms with Gasteiger partial charge in [-0.2, -0.15) is 10.2 Å². The topological polar surface area (TPSA) is 129 Å². The maximum atomic E-state index is 13.8. The van der Waals surface area contributed by atoms with Crippen LogP contribution in [0.5, 0.6) is 11.5 Å². The molecule has 0 unspecified atom stereocenters. The molecule has 2 N–H and O–H groups in total. The Balaban J connectivity index is 0.000000223. The Kier molecular flexibility index (Phi) is 11.9. The van der Waals surface area contributed by atoms with Crippen LogP contribution in [0.4, 0.5) is 8.78 Å². The summed E-state index contributed by atoms with van der Waals surface area (Å²) in [6, 6.07) is 17.0. The Morgan fingerprint density at radius 1 is 0.809 bits per heavy atom. The second-order valence-electron chi connectivity index (χ2n) is 10.2. The molecular weight excluding hydrogens is 746 g/mol. The van der Waals surface area contributed by atoms with Gasteiger partial charge in [0, 0.05) is 43.1 Å². The molecule has 0 spiro atoms. The maximum Gasteiger partial charge on any atom is 0.358 e. The van der Waals surface area contributed by atoms with Crippen LogP contribution in [0.25, 0.3) is 0 Å². The van der Waals surface area contributed by atoms with Crippen LogP contribution in [0, 0.1) is 25.5 Å². The van der Waals surface area contributed by atoms with Crippen molar-refractivity contribution < 1.29 is 38.1 Å². The smallest absolute Gasteiger partial charge is 0.358 e. The van der Waals surface area contributed by atoms with E-state index in [1.807, 2.05) is 19.1 Å². The highest BCUT2D eigenvalue weighted by Crippen LogP contribution is 2.26. The van der Waals surface area contributed by atoms with Gasteiger partial charge in [-0.15, -0.1) is 0 Å². The Bertz CT molecular complexity index is 1910. The molecule has 246 valence electrons. The summed E-state index contributed by atoms with van der Waals surface area (Å²) in [4.78, 5) is 22.7. The number of carbonyl (C=O) groups is 2. The molecule has 0 aliphatic carbocycles. The number of hydrogen-bond acceptors (Lipinski definition) is 7. The lowest BCUT2D eigenvalue weighted by Crippen LogP contribution is -2.08. The number of esters is 1. The van der Waals surface area contributed by atoms with E-state index >= 15 is 0 Å². The van der Waals surface area contributed by atoms with Gasteiger partial charge in [-0.3, -0.25) is 9.36 Å². The number of aromatic nitrogens is 4. The standard InChI is InChI=1S/C19H15BrF2N2O3.C14H15BrN2O3/c1-11-6-17(19(25)26)23-24(11)9-13-7-14(20)3-5-18(13)27-10-12-2-4-15(21)8-16(12)22;1-3-20-14(19)12-6-9(2)17(16-12)8-10-7-11(15)4-5-13(10)18/h2-8H,9-10H2,1H3,(H,25,26);4-7,18H,3,8H2,1-2H3. The molecule has 0 saturated heterocycles. The number of nitrogens with zero attached hydrogens (tertiary/aromatic N) is 4. The van der Waals surface area contributed by atoms with Crippen LogP contribution in [-0.4, -0.2) is 48.3 Å². The number of benzene rings is 3. The molecule has 0 bridgehead atoms. The van der Waals surface area contributed by atoms with Crippen LogP contribution >= 0.6 is 31.9 Å². The number of aromatic hydroxyl groups is 1. The van der Waals surface area contributed by atoms with E-state index < -0.39 is 23.6 Å². The first-order valence-electron chi connectivity index (χ1n) is 14.2. The van der Waals surface area contributed by atoms with Crippen LogP contribution < -0.4 is 4.74 Å². The zero-order valence-corrected chi connectivity index (χ0v) is 28.7. The molecule has 0 fully saturated rings. The molecule has 10 nitrogen and oxygen atoms in total. The van der Waals surface area contributed by atoms with E-state index in [2.05, 4.69) is 42.1 Å². The van der Waals surface area contributed by atoms with Crippen molar-refractivity contribution in [2.24, 2.45) is 0 Å². The monoisotopic (exact) mass is 774 g/mol. The molecule has 0 radical (unpaired) electrons. The van der Waals surface area contributed by atoms with Crippen molar-refractivity contribution in [1.82, 2.24) is 19.6 Å². The molecule has 14 heteroatoms. The lowest BCUT2D eigenvalue weighted by molar-refractivity contribution is 0.0518. The molecule has 2 aromatic heterocycles. The first-order chi connectivity index (χ1) is 22.3. The van der Waals surface area contributed by atoms with Crippen LogP contribution in [0.2, 0.25) is 0 Å². The van der Waals surface area contributed by atoms with E-state index in [4.69, 9.17) is 14.6 Å². The van der Waals surface area contributed by atoms with Gasteiger partial charge in [-0.1, -0.05) is 31.9 Å². The van der Waals surface area contributed by atoms with Gasteiger partial charge >= 0.3 is 11.9 Å². The van der Waals surface area contributed by atoms with Crippen molar-refractivity contribution >= 4 is 43.8 Å². The number of phenolic OH excluding ortho intramolecular Hbond substituents is 1. The number of carboxylic acid groups (broad SMARTS) is 1. The van der Waals surface area contributed by atoms with Crippen molar-refractivity contribution in [3.63, 3.8) is 0 Å². The number of aryl methyl sites for hydroxylation is 2. The van der Waals surface area contributed by atoms with Gasteiger partial charge in [0.25, 0.3) is 0 Å². The molecule has 2 heterocycles. The molecule has 47 heavy (non-hydrogen) atoms. The Morgan fingerprint density at radius 2 is 1.40 bits per heavy atom. The first-order valence-corrected chi connectivity index (χ1v) is 15.7. The SMILES string of the molecule is CCOC(=O)c1cc(C)n(Cc2cc(Br)ccc2O)n1.Cc1cc(C(=O)O)nn1Cc1cc(Br)ccc1OCc1ccc(F)cc1F. The van der Waals surface area contributed by atoms with Crippen LogP contribution in [0.15, 0.2) is 75.7 Å². The Labute approximate surface area is 285 Å². The van der Waals surface area contributed by atoms with Crippen LogP contribution in [-0.2, 0) is 24.4 Å². The molecule has 0 atom stereocenters. The third kappa shape index (κ3) is 9.48. The third-order valence-corrected chi connectivity index (χ3v) is 7.76. The second kappa shape index (κ2) is 15.8. The minimum atomic E-state index is -1.10. The van der Waals surface area contributed by atoms with Crippen LogP contribution in [0.1, 0.15) is 56.0 Å². The fraction of sp³-hybridized carbons (Fsp3) is 0.212. The zero-order chi connectivity index (χ0) is 34.2. The normalized spacial score (nSPS) is 10.7. The van der Waals surface area contributed by atoms with Gasteiger partial charge < -0.3 is 19.7 Å². The summed E-state index contributed by atoms with van der Waals surface area (Å²) in [5.74, 6) is -2.18. The highest BCUT2D eigenvalue weighted by atomic mass is 79.9. The van der Waals surface area contributed by atoms with Crippen molar-refractivity contribution in [3.8, 4) is 11.5 Å². The minimum Gasteiger partial charge on any atom is -0.508 e. The molecule has 0 aliphatic rings. The largest absolute Gasteiger partial charge is 0.508 e. The maximum absolute atomic E-state index is 13.8. The van der Waals surface area contributed by atoms with Gasteiger partial charge in [0.1, 0.15) is 29.7 Å². The van der Waals surface area contributed by atoms with E-state index in [1.165, 1.54) is 18.2 Å². The van der Waals surface area contributed by atoms with Crippen molar-refractivity contribution in [2.45, 2.75) is 40.5 Å². The third-order valence-electron chi connectivity index (χ3n) is 6.77. The van der Waals surface area contributed by atoms with E-state index in [9.17, 15) is 23.5 Å². The lowest BCUT2D eigenvalue weighted by Gasteiger charge is -2.13. The number of carbonyl (C=O) groups excluding carboxylic acids is 1. The number of carboxylic acids is 1. The van der Waals surface area contributed by atoms with E-state index in [1.54, 1.807) is 53.5 Å². The van der Waals surface area contributed by atoms with Crippen molar-refractivity contribution in [3.05, 3.63) is 127 Å². The number of hydrogen-bond donors (Lipinski definition) is 2. The van der Waals surface area contributed by atoms with Gasteiger partial charge in [0.15, 0.2) is 11.4 Å². The average molecular weight is 776 g/mol. The molecule has 0 aliphatic heterocycles. The molecule has 5 aromatic rings. The molecule has 5 rings (SSSR count). The van der Waals surface area contributed by atoms with Crippen molar-refractivity contribution in [2.75, 3.05) is 6.61 Å². The van der Waals surface area contributed by atoms with Crippen LogP contribution in [0.3, 0.4) is 0 Å². The number of phenols is 1. The molecule has 3 aromatic carbocycles. The predicted octanol–water partition coefficient (Wildman–Crippen LogP) is 7.44. The number of halogens is 4. The van der Waals surface area contributed by atoms with Gasteiger partial charge in [0.05, 0.1) is 19.7 Å². The van der Waals surface area contributed by atoms with E-state index in [-0.39, 0.29) is 35.9 Å². The summed E-state index contributed by atoms with van der Waals surface area (Å²) >= 11 is 6.75. The lowest BCUT2D eigenvalue weighted by atomic mass is 10.2. The first kappa shape index (κ1) is 35.3. The van der Waals surface area contributed by atoms with E-state index in [0.717, 1.165) is 31.8 Å². The minimum absolute atomic E-state index is 0.0432. The highest BCUT2D eigenvalue weighted by molar-refractivity contribution is 9.10. The summed E-state index contributed by atoms with van der Waals surface area (Å²) < 4.78 is 42.4. The van der Waals surface area contributed by atoms with Gasteiger partial charge in [-0.25, -0.2) is 18.4 Å². The highest BCUT2D eigenvalue weighted by Gasteiger charge is 2.16. The summed E-state index contributed by atoms with van der Waals surface area (Å²) in [6.45, 7) is 6.27. The Morgan fingerprint density at radius 3 is 2.02 bits per heavy atom. The predicted molar refractivity (Wildman–Crippen MR) is 176 cm³/mol. The summed E-state index contributed by atoms with van der Waals surface area (Å²) in [5, 5.41) is 27.2. The second-order valence-corrected chi connectivity index (χ2v) is 12.1. The average Bonchev–Trinajstić information content (AvgIpc) is 3.57. The summed E-state index contributed by atoms with van der Waals surface area (Å²) in [7, 11) is 0.